The number of sulfone groups is 1. The zero-order valence-electron chi connectivity index (χ0n) is 11.3. The third kappa shape index (κ3) is 3.05. The Morgan fingerprint density at radius 2 is 2.05 bits per heavy atom. The maximum absolute atomic E-state index is 12.2. The van der Waals surface area contributed by atoms with Crippen LogP contribution in [0.25, 0.3) is 0 Å². The number of benzene rings is 1. The maximum atomic E-state index is 12.2. The molecule has 0 aliphatic heterocycles. The van der Waals surface area contributed by atoms with E-state index >= 15 is 0 Å². The highest BCUT2D eigenvalue weighted by Crippen LogP contribution is 2.16. The van der Waals surface area contributed by atoms with Crippen molar-refractivity contribution in [2.75, 3.05) is 6.26 Å². The largest absolute Gasteiger partial charge is 0.327 e. The second-order valence-corrected chi connectivity index (χ2v) is 7.35. The Kier molecular flexibility index (Phi) is 3.92. The van der Waals surface area contributed by atoms with Gasteiger partial charge in [-0.2, -0.15) is 4.99 Å². The standard InChI is InChI=1S/C13H14N2O3S2/c1-9-4-5-10(20(3,17)18)8-11(9)12(16)14-13-15(2)6-7-19-13/h4-8H,1-3H3. The van der Waals surface area contributed by atoms with Crippen molar-refractivity contribution in [3.8, 4) is 0 Å². The zero-order valence-corrected chi connectivity index (χ0v) is 13.0. The summed E-state index contributed by atoms with van der Waals surface area (Å²) in [5.41, 5.74) is 1.01. The van der Waals surface area contributed by atoms with Crippen molar-refractivity contribution in [1.29, 1.82) is 0 Å². The van der Waals surface area contributed by atoms with Crippen molar-refractivity contribution < 1.29 is 13.2 Å². The number of thiazole rings is 1. The van der Waals surface area contributed by atoms with E-state index in [-0.39, 0.29) is 4.90 Å². The Labute approximate surface area is 121 Å². The van der Waals surface area contributed by atoms with E-state index in [2.05, 4.69) is 4.99 Å². The molecule has 1 aromatic heterocycles. The molecular weight excluding hydrogens is 296 g/mol. The van der Waals surface area contributed by atoms with Crippen LogP contribution in [0.4, 0.5) is 0 Å². The number of hydrogen-bond acceptors (Lipinski definition) is 4. The fourth-order valence-electron chi connectivity index (χ4n) is 1.64. The molecule has 0 radical (unpaired) electrons. The number of carbonyl (C=O) groups excluding carboxylic acids is 1. The van der Waals surface area contributed by atoms with Crippen molar-refractivity contribution in [2.24, 2.45) is 12.0 Å². The number of amides is 1. The van der Waals surface area contributed by atoms with Gasteiger partial charge >= 0.3 is 0 Å². The second-order valence-electron chi connectivity index (χ2n) is 4.46. The van der Waals surface area contributed by atoms with Crippen LogP contribution < -0.4 is 4.80 Å². The van der Waals surface area contributed by atoms with Gasteiger partial charge in [-0.15, -0.1) is 11.3 Å². The minimum absolute atomic E-state index is 0.122. The molecule has 1 aromatic carbocycles. The van der Waals surface area contributed by atoms with Gasteiger partial charge in [0.25, 0.3) is 5.91 Å². The van der Waals surface area contributed by atoms with Gasteiger partial charge in [-0.25, -0.2) is 8.42 Å². The van der Waals surface area contributed by atoms with Crippen LogP contribution in [0.3, 0.4) is 0 Å². The minimum atomic E-state index is -3.34. The number of nitrogens with zero attached hydrogens (tertiary/aromatic N) is 2. The molecule has 1 amide bonds. The third-order valence-corrected chi connectivity index (χ3v) is 4.78. The lowest BCUT2D eigenvalue weighted by molar-refractivity contribution is 0.0997. The molecule has 106 valence electrons. The summed E-state index contributed by atoms with van der Waals surface area (Å²) in [4.78, 5) is 16.9. The van der Waals surface area contributed by atoms with Crippen LogP contribution in [0, 0.1) is 6.92 Å². The van der Waals surface area contributed by atoms with Gasteiger partial charge in [0.15, 0.2) is 14.6 Å². The molecule has 0 fully saturated rings. The lowest BCUT2D eigenvalue weighted by atomic mass is 10.1. The molecule has 2 aromatic rings. The van der Waals surface area contributed by atoms with Crippen LogP contribution >= 0.6 is 11.3 Å². The second kappa shape index (κ2) is 5.34. The van der Waals surface area contributed by atoms with E-state index in [9.17, 15) is 13.2 Å². The molecule has 0 unspecified atom stereocenters. The normalized spacial score (nSPS) is 12.7. The van der Waals surface area contributed by atoms with Crippen LogP contribution in [-0.2, 0) is 16.9 Å². The Balaban J connectivity index is 2.53. The monoisotopic (exact) mass is 310 g/mol. The molecule has 20 heavy (non-hydrogen) atoms. The summed E-state index contributed by atoms with van der Waals surface area (Å²) in [6, 6.07) is 4.49. The number of aromatic nitrogens is 1. The van der Waals surface area contributed by atoms with E-state index in [0.717, 1.165) is 6.26 Å². The van der Waals surface area contributed by atoms with Gasteiger partial charge in [-0.1, -0.05) is 6.07 Å². The highest BCUT2D eigenvalue weighted by Gasteiger charge is 2.14. The van der Waals surface area contributed by atoms with Crippen molar-refractivity contribution in [1.82, 2.24) is 4.57 Å². The lowest BCUT2D eigenvalue weighted by Crippen LogP contribution is -2.13. The zero-order chi connectivity index (χ0) is 14.9. The van der Waals surface area contributed by atoms with E-state index in [1.165, 1.54) is 23.5 Å². The Hall–Kier alpha value is -1.73. The van der Waals surface area contributed by atoms with Crippen LogP contribution in [0.5, 0.6) is 0 Å². The van der Waals surface area contributed by atoms with Gasteiger partial charge in [-0.3, -0.25) is 4.79 Å². The number of hydrogen-bond donors (Lipinski definition) is 0. The Morgan fingerprint density at radius 1 is 1.35 bits per heavy atom. The lowest BCUT2D eigenvalue weighted by Gasteiger charge is -2.04. The van der Waals surface area contributed by atoms with Crippen molar-refractivity contribution in [3.63, 3.8) is 0 Å². The first-order valence-electron chi connectivity index (χ1n) is 5.79. The topological polar surface area (TPSA) is 68.5 Å². The highest BCUT2D eigenvalue weighted by atomic mass is 32.2. The first-order valence-corrected chi connectivity index (χ1v) is 8.56. The van der Waals surface area contributed by atoms with Crippen LogP contribution in [-0.4, -0.2) is 25.1 Å². The molecule has 0 N–H and O–H groups in total. The van der Waals surface area contributed by atoms with Crippen LogP contribution in [0.1, 0.15) is 15.9 Å². The number of carbonyl (C=O) groups is 1. The maximum Gasteiger partial charge on any atom is 0.279 e. The van der Waals surface area contributed by atoms with Crippen LogP contribution in [0.15, 0.2) is 39.7 Å². The predicted octanol–water partition coefficient (Wildman–Crippen LogP) is 1.54. The Morgan fingerprint density at radius 3 is 2.60 bits per heavy atom. The number of aryl methyl sites for hydroxylation is 2. The van der Waals surface area contributed by atoms with Crippen molar-refractivity contribution >= 4 is 27.1 Å². The molecule has 0 atom stereocenters. The van der Waals surface area contributed by atoms with E-state index in [0.29, 0.717) is 15.9 Å². The summed E-state index contributed by atoms with van der Waals surface area (Å²) < 4.78 is 24.8. The van der Waals surface area contributed by atoms with E-state index in [1.807, 2.05) is 5.38 Å². The Bertz CT molecular complexity index is 829. The average Bonchev–Trinajstić information content (AvgIpc) is 2.74. The SMILES string of the molecule is Cc1ccc(S(C)(=O)=O)cc1C(=O)N=c1sccn1C. The first kappa shape index (κ1) is 14.7. The summed E-state index contributed by atoms with van der Waals surface area (Å²) in [6.07, 6.45) is 2.92. The molecule has 0 bridgehead atoms. The molecule has 0 saturated heterocycles. The van der Waals surface area contributed by atoms with Crippen molar-refractivity contribution in [3.05, 3.63) is 45.7 Å². The van der Waals surface area contributed by atoms with Gasteiger partial charge in [-0.05, 0) is 24.6 Å². The molecule has 0 spiro atoms. The molecule has 0 aliphatic carbocycles. The van der Waals surface area contributed by atoms with E-state index < -0.39 is 15.7 Å². The smallest absolute Gasteiger partial charge is 0.279 e. The first-order chi connectivity index (χ1) is 9.29. The fourth-order valence-corrected chi connectivity index (χ4v) is 3.02. The fraction of sp³-hybridized carbons (Fsp3) is 0.231. The molecule has 7 heteroatoms. The highest BCUT2D eigenvalue weighted by molar-refractivity contribution is 7.90. The van der Waals surface area contributed by atoms with Crippen LogP contribution in [0.2, 0.25) is 0 Å². The van der Waals surface area contributed by atoms with Gasteiger partial charge < -0.3 is 4.57 Å². The molecule has 5 nitrogen and oxygen atoms in total. The van der Waals surface area contributed by atoms with Crippen molar-refractivity contribution in [2.45, 2.75) is 11.8 Å². The summed E-state index contributed by atoms with van der Waals surface area (Å²) in [5, 5.41) is 1.83. The summed E-state index contributed by atoms with van der Waals surface area (Å²) >= 11 is 1.35. The summed E-state index contributed by atoms with van der Waals surface area (Å²) in [5.74, 6) is -0.439. The predicted molar refractivity (Wildman–Crippen MR) is 77.5 cm³/mol. The number of rotatable bonds is 2. The third-order valence-electron chi connectivity index (χ3n) is 2.82. The summed E-state index contributed by atoms with van der Waals surface area (Å²) in [7, 11) is -1.55. The quantitative estimate of drug-likeness (QED) is 0.845. The molecule has 0 aliphatic rings. The minimum Gasteiger partial charge on any atom is -0.327 e. The molecule has 0 saturated carbocycles. The molecule has 1 heterocycles. The molecular formula is C13H14N2O3S2. The average molecular weight is 310 g/mol. The van der Waals surface area contributed by atoms with Gasteiger partial charge in [0, 0.05) is 30.4 Å². The van der Waals surface area contributed by atoms with Gasteiger partial charge in [0.05, 0.1) is 4.90 Å². The van der Waals surface area contributed by atoms with E-state index in [4.69, 9.17) is 0 Å². The van der Waals surface area contributed by atoms with Gasteiger partial charge in [0.2, 0.25) is 0 Å². The van der Waals surface area contributed by atoms with Gasteiger partial charge in [0.1, 0.15) is 0 Å². The van der Waals surface area contributed by atoms with E-state index in [1.54, 1.807) is 30.8 Å². The molecule has 2 rings (SSSR count). The summed E-state index contributed by atoms with van der Waals surface area (Å²) in [6.45, 7) is 1.75.